The van der Waals surface area contributed by atoms with E-state index in [1.165, 1.54) is 0 Å². The predicted octanol–water partition coefficient (Wildman–Crippen LogP) is 7.61. The van der Waals surface area contributed by atoms with Crippen LogP contribution in [0.15, 0.2) is 24.3 Å². The molecular formula is C28H6BF15O2. The van der Waals surface area contributed by atoms with E-state index < -0.39 is 144 Å². The van der Waals surface area contributed by atoms with Crippen molar-refractivity contribution in [2.45, 2.75) is 0 Å². The van der Waals surface area contributed by atoms with Crippen LogP contribution in [0.1, 0.15) is 0 Å². The van der Waals surface area contributed by atoms with Crippen molar-refractivity contribution >= 4 is 23.4 Å². The molecule has 0 saturated carbocycles. The van der Waals surface area contributed by atoms with Gasteiger partial charge in [0.15, 0.2) is 69.8 Å². The summed E-state index contributed by atoms with van der Waals surface area (Å²) in [4.78, 5) is 0. The molecule has 5 aromatic rings. The molecule has 0 aliphatic carbocycles. The van der Waals surface area contributed by atoms with Crippen LogP contribution in [0.4, 0.5) is 65.9 Å². The lowest BCUT2D eigenvalue weighted by Gasteiger charge is -2.25. The van der Waals surface area contributed by atoms with Crippen LogP contribution in [-0.4, -0.2) is 17.2 Å². The van der Waals surface area contributed by atoms with Crippen molar-refractivity contribution in [3.05, 3.63) is 112 Å². The highest BCUT2D eigenvalue weighted by atomic mass is 19.2. The zero-order valence-electron chi connectivity index (χ0n) is 21.5. The Kier molecular flexibility index (Phi) is 8.01. The van der Waals surface area contributed by atoms with E-state index in [9.17, 15) is 49.6 Å². The minimum atomic E-state index is -3.24. The normalized spacial score (nSPS) is 11.6. The molecular weight excluding hydrogens is 664 g/mol. The van der Waals surface area contributed by atoms with Gasteiger partial charge < -0.3 is 10.0 Å². The van der Waals surface area contributed by atoms with Crippen LogP contribution in [0.5, 0.6) is 0 Å². The maximum absolute atomic E-state index is 15.4. The molecule has 0 bridgehead atoms. The summed E-state index contributed by atoms with van der Waals surface area (Å²) < 4.78 is 221. The first-order valence-electron chi connectivity index (χ1n) is 12.0. The van der Waals surface area contributed by atoms with Crippen molar-refractivity contribution in [3.63, 3.8) is 0 Å². The highest BCUT2D eigenvalue weighted by Gasteiger charge is 2.40. The largest absolute Gasteiger partial charge is 0.489 e. The molecule has 0 saturated heterocycles. The molecule has 0 aliphatic heterocycles. The summed E-state index contributed by atoms with van der Waals surface area (Å²) in [6.07, 6.45) is 0. The highest BCUT2D eigenvalue weighted by molar-refractivity contribution is 6.64. The average Bonchev–Trinajstić information content (AvgIpc) is 3.03. The van der Waals surface area contributed by atoms with Gasteiger partial charge in [0.2, 0.25) is 17.5 Å². The molecule has 2 nitrogen and oxygen atoms in total. The van der Waals surface area contributed by atoms with Gasteiger partial charge in [-0.2, -0.15) is 0 Å². The molecule has 0 amide bonds. The van der Waals surface area contributed by atoms with Crippen molar-refractivity contribution < 1.29 is 75.9 Å². The lowest BCUT2D eigenvalue weighted by molar-refractivity contribution is 0.380. The molecule has 5 rings (SSSR count). The minimum Gasteiger partial charge on any atom is -0.423 e. The summed E-state index contributed by atoms with van der Waals surface area (Å²) in [5.74, 6) is -43.2. The second-order valence-corrected chi connectivity index (χ2v) is 9.29. The van der Waals surface area contributed by atoms with Crippen molar-refractivity contribution in [3.8, 4) is 33.4 Å². The van der Waals surface area contributed by atoms with Gasteiger partial charge in [0.25, 0.3) is 0 Å². The van der Waals surface area contributed by atoms with Crippen LogP contribution in [0, 0.1) is 87.3 Å². The second kappa shape index (κ2) is 11.3. The molecule has 0 radical (unpaired) electrons. The van der Waals surface area contributed by atoms with Crippen molar-refractivity contribution in [2.24, 2.45) is 0 Å². The molecule has 238 valence electrons. The van der Waals surface area contributed by atoms with Crippen LogP contribution in [0.2, 0.25) is 0 Å². The third kappa shape index (κ3) is 4.41. The average molecular weight is 670 g/mol. The molecule has 0 fully saturated rings. The van der Waals surface area contributed by atoms with E-state index in [0.29, 0.717) is 12.1 Å². The predicted molar refractivity (Wildman–Crippen MR) is 129 cm³/mol. The van der Waals surface area contributed by atoms with Gasteiger partial charge in [-0.1, -0.05) is 24.3 Å². The van der Waals surface area contributed by atoms with Crippen molar-refractivity contribution in [1.82, 2.24) is 0 Å². The van der Waals surface area contributed by atoms with Crippen LogP contribution >= 0.6 is 0 Å². The molecule has 5 aromatic carbocycles. The van der Waals surface area contributed by atoms with Gasteiger partial charge >= 0.3 is 7.12 Å². The monoisotopic (exact) mass is 670 g/mol. The van der Waals surface area contributed by atoms with Crippen LogP contribution in [0.3, 0.4) is 0 Å². The lowest BCUT2D eigenvalue weighted by atomic mass is 9.68. The molecule has 0 aliphatic rings. The Labute approximate surface area is 244 Å². The first-order chi connectivity index (χ1) is 21.5. The van der Waals surface area contributed by atoms with Gasteiger partial charge in [-0.3, -0.25) is 0 Å². The third-order valence-electron chi connectivity index (χ3n) is 6.89. The van der Waals surface area contributed by atoms with E-state index in [4.69, 9.17) is 0 Å². The fourth-order valence-corrected chi connectivity index (χ4v) is 4.98. The molecule has 0 heterocycles. The van der Waals surface area contributed by atoms with Crippen LogP contribution in [-0.2, 0) is 0 Å². The second-order valence-electron chi connectivity index (χ2n) is 9.29. The lowest BCUT2D eigenvalue weighted by Crippen LogP contribution is -2.34. The number of hydrogen-bond acceptors (Lipinski definition) is 2. The van der Waals surface area contributed by atoms with Gasteiger partial charge in [-0.05, 0) is 21.8 Å². The van der Waals surface area contributed by atoms with Crippen LogP contribution in [0.25, 0.3) is 44.2 Å². The Balaban J connectivity index is 2.30. The molecule has 0 spiro atoms. The number of rotatable bonds is 4. The fraction of sp³-hybridized carbons (Fsp3) is 0. The van der Waals surface area contributed by atoms with E-state index in [0.717, 1.165) is 12.1 Å². The van der Waals surface area contributed by atoms with E-state index >= 15 is 26.3 Å². The summed E-state index contributed by atoms with van der Waals surface area (Å²) in [7, 11) is -3.24. The van der Waals surface area contributed by atoms with E-state index in [1.54, 1.807) is 0 Å². The van der Waals surface area contributed by atoms with Crippen molar-refractivity contribution in [2.75, 3.05) is 0 Å². The van der Waals surface area contributed by atoms with Gasteiger partial charge in [-0.25, -0.2) is 65.9 Å². The Hall–Kier alpha value is -4.71. The van der Waals surface area contributed by atoms with Gasteiger partial charge in [0, 0.05) is 11.1 Å². The summed E-state index contributed by atoms with van der Waals surface area (Å²) in [5, 5.41) is 18.4. The Bertz CT molecular complexity index is 2060. The standard InChI is InChI=1S/C28H6BF15O2/c30-14-10(15(31)21(37)26(42)20(14)36)7-5-3-1-2-4-6(5)13(29(45)46)9(12-18(34)24(40)28(44)25(41)19(12)35)8(7)11-16(32)22(38)27(43)23(39)17(11)33/h1-4,45-46H. The Morgan fingerprint density at radius 1 is 0.304 bits per heavy atom. The fourth-order valence-electron chi connectivity index (χ4n) is 4.98. The molecule has 46 heavy (non-hydrogen) atoms. The molecule has 18 heteroatoms. The van der Waals surface area contributed by atoms with Crippen LogP contribution < -0.4 is 5.46 Å². The smallest absolute Gasteiger partial charge is 0.423 e. The first-order valence-corrected chi connectivity index (χ1v) is 12.0. The van der Waals surface area contributed by atoms with E-state index in [1.807, 2.05) is 0 Å². The zero-order valence-corrected chi connectivity index (χ0v) is 21.5. The highest BCUT2D eigenvalue weighted by Crippen LogP contribution is 2.50. The topological polar surface area (TPSA) is 40.5 Å². The maximum Gasteiger partial charge on any atom is 0.489 e. The van der Waals surface area contributed by atoms with Gasteiger partial charge in [-0.15, -0.1) is 0 Å². The first kappa shape index (κ1) is 32.7. The number of hydrogen-bond donors (Lipinski definition) is 2. The number of fused-ring (bicyclic) bond motifs is 1. The van der Waals surface area contributed by atoms with Gasteiger partial charge in [0.05, 0.1) is 16.7 Å². The molecule has 0 atom stereocenters. The minimum absolute atomic E-state index is 0.604. The molecule has 0 unspecified atom stereocenters. The summed E-state index contributed by atoms with van der Waals surface area (Å²) >= 11 is 0. The molecule has 2 N–H and O–H groups in total. The van der Waals surface area contributed by atoms with E-state index in [-0.39, 0.29) is 0 Å². The van der Waals surface area contributed by atoms with Gasteiger partial charge in [0.1, 0.15) is 0 Å². The summed E-state index contributed by atoms with van der Waals surface area (Å²) in [6.45, 7) is 0. The summed E-state index contributed by atoms with van der Waals surface area (Å²) in [6, 6.07) is 3.05. The number of halogens is 15. The number of benzene rings is 5. The third-order valence-corrected chi connectivity index (χ3v) is 6.89. The Morgan fingerprint density at radius 3 is 0.891 bits per heavy atom. The van der Waals surface area contributed by atoms with E-state index in [2.05, 4.69) is 0 Å². The molecule has 0 aromatic heterocycles. The van der Waals surface area contributed by atoms with Crippen molar-refractivity contribution in [1.29, 1.82) is 0 Å². The Morgan fingerprint density at radius 2 is 0.565 bits per heavy atom. The SMILES string of the molecule is OB(O)c1c(-c2c(F)c(F)c(F)c(F)c2F)c(-c2c(F)c(F)c(F)c(F)c2F)c(-c2c(F)c(F)c(F)c(F)c2F)c2ccccc12. The summed E-state index contributed by atoms with van der Waals surface area (Å²) in [5.41, 5.74) is -14.7. The maximum atomic E-state index is 15.4. The quantitative estimate of drug-likeness (QED) is 0.0896. The zero-order chi connectivity index (χ0) is 34.3.